The molecule has 1 aromatic carbocycles. The number of β-amino-alcohol motifs (C(OH)–C–C–N with tert-alkyl or cyclic N) is 1. The van der Waals surface area contributed by atoms with Crippen molar-refractivity contribution >= 4 is 17.6 Å². The van der Waals surface area contributed by atoms with Crippen LogP contribution in [0, 0.1) is 5.82 Å². The monoisotopic (exact) mass is 253 g/mol. The highest BCUT2D eigenvalue weighted by Crippen LogP contribution is 2.29. The molecule has 1 aliphatic rings. The number of ether oxygens (including phenoxy) is 1. The van der Waals surface area contributed by atoms with Crippen molar-refractivity contribution in [3.63, 3.8) is 0 Å². The van der Waals surface area contributed by atoms with Crippen molar-refractivity contribution < 1.29 is 23.8 Å². The van der Waals surface area contributed by atoms with Crippen LogP contribution in [0.2, 0.25) is 0 Å². The van der Waals surface area contributed by atoms with Crippen LogP contribution in [0.4, 0.5) is 10.1 Å². The number of carbonyl (C=O) groups excluding carboxylic acids is 2. The molecular formula is C12H12FNO4. The number of esters is 1. The average molecular weight is 253 g/mol. The molecule has 0 spiro atoms. The first-order valence-electron chi connectivity index (χ1n) is 5.40. The number of hydrogen-bond acceptors (Lipinski definition) is 4. The normalized spacial score (nSPS) is 19.2. The number of hydrogen-bond donors (Lipinski definition) is 1. The first kappa shape index (κ1) is 12.5. The van der Waals surface area contributed by atoms with Crippen molar-refractivity contribution in [2.45, 2.75) is 12.5 Å². The van der Waals surface area contributed by atoms with Gasteiger partial charge in [-0.1, -0.05) is 6.07 Å². The summed E-state index contributed by atoms with van der Waals surface area (Å²) in [5, 5.41) is 9.41. The fourth-order valence-electron chi connectivity index (χ4n) is 1.97. The zero-order chi connectivity index (χ0) is 13.3. The predicted molar refractivity (Wildman–Crippen MR) is 60.7 cm³/mol. The first-order chi connectivity index (χ1) is 8.54. The van der Waals surface area contributed by atoms with Crippen LogP contribution in [0.25, 0.3) is 0 Å². The number of methoxy groups -OCH3 is 1. The molecule has 6 heteroatoms. The molecule has 1 unspecified atom stereocenters. The number of benzene rings is 1. The Kier molecular flexibility index (Phi) is 3.29. The number of aliphatic hydroxyl groups excluding tert-OH is 1. The van der Waals surface area contributed by atoms with Crippen molar-refractivity contribution in [2.75, 3.05) is 18.6 Å². The number of para-hydroxylation sites is 1. The van der Waals surface area contributed by atoms with Gasteiger partial charge in [0.2, 0.25) is 5.91 Å². The molecule has 1 aromatic rings. The zero-order valence-electron chi connectivity index (χ0n) is 9.72. The summed E-state index contributed by atoms with van der Waals surface area (Å²) in [5.41, 5.74) is -0.161. The first-order valence-corrected chi connectivity index (χ1v) is 5.40. The Bertz CT molecular complexity index is 503. The van der Waals surface area contributed by atoms with Crippen molar-refractivity contribution in [3.8, 4) is 0 Å². The molecule has 1 amide bonds. The molecule has 0 bridgehead atoms. The van der Waals surface area contributed by atoms with E-state index >= 15 is 0 Å². The third-order valence-corrected chi connectivity index (χ3v) is 2.77. The SMILES string of the molecule is COC(=O)c1cccc(F)c1N1CC(O)CC1=O. The third kappa shape index (κ3) is 2.06. The molecule has 0 saturated carbocycles. The van der Waals surface area contributed by atoms with Gasteiger partial charge in [0.25, 0.3) is 0 Å². The minimum atomic E-state index is -0.845. The second-order valence-electron chi connectivity index (χ2n) is 3.99. The highest BCUT2D eigenvalue weighted by Gasteiger charge is 2.33. The lowest BCUT2D eigenvalue weighted by molar-refractivity contribution is -0.117. The smallest absolute Gasteiger partial charge is 0.340 e. The maximum Gasteiger partial charge on any atom is 0.340 e. The molecule has 5 nitrogen and oxygen atoms in total. The Labute approximate surface area is 103 Å². The van der Waals surface area contributed by atoms with Crippen LogP contribution in [0.5, 0.6) is 0 Å². The quantitative estimate of drug-likeness (QED) is 0.788. The van der Waals surface area contributed by atoms with Crippen LogP contribution in [0.1, 0.15) is 16.8 Å². The Morgan fingerprint density at radius 2 is 2.28 bits per heavy atom. The molecular weight excluding hydrogens is 241 g/mol. The van der Waals surface area contributed by atoms with Gasteiger partial charge >= 0.3 is 5.97 Å². The lowest BCUT2D eigenvalue weighted by Gasteiger charge is -2.19. The van der Waals surface area contributed by atoms with Crippen LogP contribution < -0.4 is 4.90 Å². The van der Waals surface area contributed by atoms with E-state index in [1.165, 1.54) is 19.2 Å². The van der Waals surface area contributed by atoms with E-state index in [1.807, 2.05) is 0 Å². The van der Waals surface area contributed by atoms with E-state index in [4.69, 9.17) is 0 Å². The molecule has 1 fully saturated rings. The molecule has 96 valence electrons. The van der Waals surface area contributed by atoms with E-state index in [-0.39, 0.29) is 24.2 Å². The summed E-state index contributed by atoms with van der Waals surface area (Å²) in [6.07, 6.45) is -0.919. The van der Waals surface area contributed by atoms with Gasteiger partial charge in [0.1, 0.15) is 5.82 Å². The second-order valence-corrected chi connectivity index (χ2v) is 3.99. The third-order valence-electron chi connectivity index (χ3n) is 2.77. The summed E-state index contributed by atoms with van der Waals surface area (Å²) in [7, 11) is 1.18. The minimum absolute atomic E-state index is 0.0240. The van der Waals surface area contributed by atoms with Crippen LogP contribution in [0.15, 0.2) is 18.2 Å². The van der Waals surface area contributed by atoms with Crippen molar-refractivity contribution in [2.24, 2.45) is 0 Å². The Balaban J connectivity index is 2.49. The maximum atomic E-state index is 13.8. The van der Waals surface area contributed by atoms with Crippen LogP contribution in [0.3, 0.4) is 0 Å². The number of nitrogens with zero attached hydrogens (tertiary/aromatic N) is 1. The number of halogens is 1. The lowest BCUT2D eigenvalue weighted by atomic mass is 10.1. The number of anilines is 1. The molecule has 18 heavy (non-hydrogen) atoms. The number of rotatable bonds is 2. The molecule has 1 atom stereocenters. The summed E-state index contributed by atoms with van der Waals surface area (Å²) >= 11 is 0. The van der Waals surface area contributed by atoms with Gasteiger partial charge in [-0.25, -0.2) is 9.18 Å². The topological polar surface area (TPSA) is 66.8 Å². The molecule has 0 aliphatic carbocycles. The second kappa shape index (κ2) is 4.73. The van der Waals surface area contributed by atoms with E-state index in [2.05, 4.69) is 4.74 Å². The van der Waals surface area contributed by atoms with Crippen LogP contribution in [-0.2, 0) is 9.53 Å². The van der Waals surface area contributed by atoms with E-state index in [0.29, 0.717) is 0 Å². The van der Waals surface area contributed by atoms with Crippen molar-refractivity contribution in [1.82, 2.24) is 0 Å². The average Bonchev–Trinajstić information content (AvgIpc) is 2.67. The van der Waals surface area contributed by atoms with Gasteiger partial charge in [-0.15, -0.1) is 0 Å². The molecule has 0 radical (unpaired) electrons. The van der Waals surface area contributed by atoms with E-state index in [1.54, 1.807) is 0 Å². The zero-order valence-corrected chi connectivity index (χ0v) is 9.72. The summed E-state index contributed by atoms with van der Waals surface area (Å²) in [6.45, 7) is -0.0240. The highest BCUT2D eigenvalue weighted by molar-refractivity contribution is 6.04. The molecule has 0 aromatic heterocycles. The van der Waals surface area contributed by atoms with Gasteiger partial charge in [0.15, 0.2) is 0 Å². The lowest BCUT2D eigenvalue weighted by Crippen LogP contribution is -2.28. The van der Waals surface area contributed by atoms with E-state index in [0.717, 1.165) is 11.0 Å². The van der Waals surface area contributed by atoms with Crippen LogP contribution in [-0.4, -0.2) is 36.7 Å². The van der Waals surface area contributed by atoms with Crippen molar-refractivity contribution in [1.29, 1.82) is 0 Å². The van der Waals surface area contributed by atoms with Gasteiger partial charge in [0, 0.05) is 0 Å². The molecule has 1 saturated heterocycles. The van der Waals surface area contributed by atoms with Gasteiger partial charge in [-0.2, -0.15) is 0 Å². The van der Waals surface area contributed by atoms with E-state index in [9.17, 15) is 19.1 Å². The van der Waals surface area contributed by atoms with Gasteiger partial charge in [0.05, 0.1) is 37.4 Å². The number of carbonyl (C=O) groups is 2. The Hall–Kier alpha value is -1.95. The largest absolute Gasteiger partial charge is 0.465 e. The molecule has 1 heterocycles. The molecule has 1 N–H and O–H groups in total. The van der Waals surface area contributed by atoms with Crippen LogP contribution >= 0.6 is 0 Å². The Morgan fingerprint density at radius 1 is 1.56 bits per heavy atom. The van der Waals surface area contributed by atoms with Gasteiger partial charge in [-0.3, -0.25) is 4.79 Å². The van der Waals surface area contributed by atoms with E-state index < -0.39 is 23.8 Å². The summed E-state index contributed by atoms with van der Waals surface area (Å²) < 4.78 is 18.4. The van der Waals surface area contributed by atoms with Gasteiger partial charge in [-0.05, 0) is 12.1 Å². The standard InChI is InChI=1S/C12H12FNO4/c1-18-12(17)8-3-2-4-9(13)11(8)14-6-7(15)5-10(14)16/h2-4,7,15H,5-6H2,1H3. The fraction of sp³-hybridized carbons (Fsp3) is 0.333. The van der Waals surface area contributed by atoms with Crippen molar-refractivity contribution in [3.05, 3.63) is 29.6 Å². The number of amides is 1. The van der Waals surface area contributed by atoms with Gasteiger partial charge < -0.3 is 14.7 Å². The predicted octanol–water partition coefficient (Wildman–Crippen LogP) is 0.710. The maximum absolute atomic E-state index is 13.8. The summed E-state index contributed by atoms with van der Waals surface area (Å²) in [6, 6.07) is 3.89. The molecule has 1 aliphatic heterocycles. The number of aliphatic hydroxyl groups is 1. The highest BCUT2D eigenvalue weighted by atomic mass is 19.1. The summed E-state index contributed by atoms with van der Waals surface area (Å²) in [5.74, 6) is -1.84. The molecule has 2 rings (SSSR count). The Morgan fingerprint density at radius 3 is 2.83 bits per heavy atom. The summed E-state index contributed by atoms with van der Waals surface area (Å²) in [4.78, 5) is 24.3. The minimum Gasteiger partial charge on any atom is -0.465 e. The fourth-order valence-corrected chi connectivity index (χ4v) is 1.97.